The third-order valence-electron chi connectivity index (χ3n) is 3.19. The predicted molar refractivity (Wildman–Crippen MR) is 93.5 cm³/mol. The van der Waals surface area contributed by atoms with Crippen LogP contribution in [-0.4, -0.2) is 37.2 Å². The van der Waals surface area contributed by atoms with E-state index in [1.54, 1.807) is 26.3 Å². The molecular formula is C17H22N4O3. The first-order chi connectivity index (χ1) is 11.6. The van der Waals surface area contributed by atoms with Crippen molar-refractivity contribution in [2.24, 2.45) is 5.73 Å². The number of nitrogens with zero attached hydrogens (tertiary/aromatic N) is 1. The summed E-state index contributed by atoms with van der Waals surface area (Å²) < 4.78 is 10.7. The number of pyridine rings is 1. The average molecular weight is 330 g/mol. The Morgan fingerprint density at radius 3 is 2.50 bits per heavy atom. The van der Waals surface area contributed by atoms with Crippen LogP contribution >= 0.6 is 0 Å². The molecule has 0 radical (unpaired) electrons. The van der Waals surface area contributed by atoms with Crippen molar-refractivity contribution in [3.63, 3.8) is 0 Å². The number of anilines is 2. The van der Waals surface area contributed by atoms with Gasteiger partial charge in [-0.25, -0.2) is 4.98 Å². The van der Waals surface area contributed by atoms with E-state index in [0.29, 0.717) is 19.0 Å². The van der Waals surface area contributed by atoms with Crippen LogP contribution < -0.4 is 25.8 Å². The van der Waals surface area contributed by atoms with E-state index in [4.69, 9.17) is 15.2 Å². The highest BCUT2D eigenvalue weighted by atomic mass is 16.5. The van der Waals surface area contributed by atoms with E-state index in [9.17, 15) is 4.79 Å². The second-order valence-corrected chi connectivity index (χ2v) is 5.16. The number of nitrogens with one attached hydrogen (secondary N) is 2. The minimum Gasteiger partial charge on any atom is -0.497 e. The van der Waals surface area contributed by atoms with Gasteiger partial charge in [0.2, 0.25) is 5.91 Å². The molecule has 0 aliphatic carbocycles. The molecular weight excluding hydrogens is 308 g/mol. The second kappa shape index (κ2) is 8.73. The van der Waals surface area contributed by atoms with Crippen molar-refractivity contribution in [2.75, 3.05) is 30.9 Å². The van der Waals surface area contributed by atoms with Crippen molar-refractivity contribution in [3.8, 4) is 11.5 Å². The molecule has 7 nitrogen and oxygen atoms in total. The van der Waals surface area contributed by atoms with Gasteiger partial charge in [0.25, 0.3) is 0 Å². The van der Waals surface area contributed by atoms with Gasteiger partial charge in [0, 0.05) is 6.54 Å². The van der Waals surface area contributed by atoms with E-state index < -0.39 is 6.04 Å². The lowest BCUT2D eigenvalue weighted by atomic mass is 10.3. The third-order valence-corrected chi connectivity index (χ3v) is 3.19. The molecule has 0 aliphatic rings. The Morgan fingerprint density at radius 1 is 1.21 bits per heavy atom. The molecule has 1 heterocycles. The maximum Gasteiger partial charge on any atom is 0.242 e. The minimum atomic E-state index is -0.570. The van der Waals surface area contributed by atoms with Crippen molar-refractivity contribution >= 4 is 17.4 Å². The van der Waals surface area contributed by atoms with E-state index in [1.165, 1.54) is 0 Å². The van der Waals surface area contributed by atoms with Crippen LogP contribution in [0.2, 0.25) is 0 Å². The summed E-state index contributed by atoms with van der Waals surface area (Å²) in [7, 11) is 1.63. The van der Waals surface area contributed by atoms with Gasteiger partial charge in [0.1, 0.15) is 23.9 Å². The molecule has 1 amide bonds. The van der Waals surface area contributed by atoms with E-state index in [1.807, 2.05) is 30.3 Å². The summed E-state index contributed by atoms with van der Waals surface area (Å²) in [5, 5.41) is 5.82. The molecule has 0 saturated heterocycles. The van der Waals surface area contributed by atoms with Gasteiger partial charge in [-0.15, -0.1) is 0 Å². The van der Waals surface area contributed by atoms with Crippen molar-refractivity contribution in [1.82, 2.24) is 4.98 Å². The standard InChI is InChI=1S/C17H22N4O3/c1-12(18)17(22)21-16-8-3-13(11-20-16)19-9-10-24-15-6-4-14(23-2)5-7-15/h3-8,11-12,19H,9-10,18H2,1-2H3,(H,20,21,22). The van der Waals surface area contributed by atoms with Crippen molar-refractivity contribution in [3.05, 3.63) is 42.6 Å². The van der Waals surface area contributed by atoms with E-state index in [2.05, 4.69) is 15.6 Å². The molecule has 2 aromatic rings. The number of carbonyl (C=O) groups excluding carboxylic acids is 1. The number of ether oxygens (including phenoxy) is 2. The monoisotopic (exact) mass is 330 g/mol. The summed E-state index contributed by atoms with van der Waals surface area (Å²) in [4.78, 5) is 15.6. The first-order valence-electron chi connectivity index (χ1n) is 7.61. The lowest BCUT2D eigenvalue weighted by molar-refractivity contribution is -0.117. The second-order valence-electron chi connectivity index (χ2n) is 5.16. The molecule has 0 bridgehead atoms. The fraction of sp³-hybridized carbons (Fsp3) is 0.294. The van der Waals surface area contributed by atoms with Crippen molar-refractivity contribution < 1.29 is 14.3 Å². The van der Waals surface area contributed by atoms with Crippen LogP contribution in [0.1, 0.15) is 6.92 Å². The quantitative estimate of drug-likeness (QED) is 0.639. The molecule has 1 atom stereocenters. The minimum absolute atomic E-state index is 0.267. The van der Waals surface area contributed by atoms with Crippen molar-refractivity contribution in [2.45, 2.75) is 13.0 Å². The van der Waals surface area contributed by atoms with Crippen LogP contribution in [0, 0.1) is 0 Å². The van der Waals surface area contributed by atoms with Gasteiger partial charge in [0.05, 0.1) is 25.0 Å². The molecule has 1 unspecified atom stereocenters. The van der Waals surface area contributed by atoms with Gasteiger partial charge in [-0.3, -0.25) is 4.79 Å². The number of amides is 1. The molecule has 2 rings (SSSR count). The maximum atomic E-state index is 11.5. The van der Waals surface area contributed by atoms with E-state index >= 15 is 0 Å². The molecule has 1 aromatic carbocycles. The molecule has 24 heavy (non-hydrogen) atoms. The number of benzene rings is 1. The Bertz CT molecular complexity index is 642. The molecule has 0 fully saturated rings. The highest BCUT2D eigenvalue weighted by Gasteiger charge is 2.07. The number of hydrogen-bond acceptors (Lipinski definition) is 6. The SMILES string of the molecule is COc1ccc(OCCNc2ccc(NC(=O)C(C)N)nc2)cc1. The summed E-state index contributed by atoms with van der Waals surface area (Å²) in [6.07, 6.45) is 1.64. The van der Waals surface area contributed by atoms with Gasteiger partial charge in [-0.2, -0.15) is 0 Å². The number of hydrogen-bond donors (Lipinski definition) is 3. The third kappa shape index (κ3) is 5.44. The predicted octanol–water partition coefficient (Wildman–Crippen LogP) is 1.87. The van der Waals surface area contributed by atoms with Crippen LogP contribution in [-0.2, 0) is 4.79 Å². The van der Waals surface area contributed by atoms with E-state index in [-0.39, 0.29) is 5.91 Å². The van der Waals surface area contributed by atoms with Crippen LogP contribution in [0.5, 0.6) is 11.5 Å². The molecule has 4 N–H and O–H groups in total. The smallest absolute Gasteiger partial charge is 0.242 e. The zero-order valence-electron chi connectivity index (χ0n) is 13.8. The summed E-state index contributed by atoms with van der Waals surface area (Å²) in [5.74, 6) is 1.78. The Labute approximate surface area is 141 Å². The first-order valence-corrected chi connectivity index (χ1v) is 7.61. The Balaban J connectivity index is 1.73. The van der Waals surface area contributed by atoms with E-state index in [0.717, 1.165) is 17.2 Å². The molecule has 7 heteroatoms. The van der Waals surface area contributed by atoms with Crippen LogP contribution in [0.3, 0.4) is 0 Å². The lowest BCUT2D eigenvalue weighted by Gasteiger charge is -2.10. The molecule has 1 aromatic heterocycles. The van der Waals surface area contributed by atoms with Gasteiger partial charge in [-0.1, -0.05) is 0 Å². The number of nitrogens with two attached hydrogens (primary N) is 1. The number of rotatable bonds is 8. The lowest BCUT2D eigenvalue weighted by Crippen LogP contribution is -2.32. The fourth-order valence-electron chi connectivity index (χ4n) is 1.85. The van der Waals surface area contributed by atoms with Gasteiger partial charge >= 0.3 is 0 Å². The highest BCUT2D eigenvalue weighted by molar-refractivity contribution is 5.93. The number of aromatic nitrogens is 1. The maximum absolute atomic E-state index is 11.5. The molecule has 128 valence electrons. The fourth-order valence-corrected chi connectivity index (χ4v) is 1.85. The largest absolute Gasteiger partial charge is 0.497 e. The average Bonchev–Trinajstić information content (AvgIpc) is 2.60. The van der Waals surface area contributed by atoms with Crippen LogP contribution in [0.15, 0.2) is 42.6 Å². The summed E-state index contributed by atoms with van der Waals surface area (Å²) in [5.41, 5.74) is 6.33. The topological polar surface area (TPSA) is 98.5 Å². The summed E-state index contributed by atoms with van der Waals surface area (Å²) in [6, 6.07) is 10.4. The van der Waals surface area contributed by atoms with Crippen molar-refractivity contribution in [1.29, 1.82) is 0 Å². The Morgan fingerprint density at radius 2 is 1.92 bits per heavy atom. The van der Waals surface area contributed by atoms with Crippen LogP contribution in [0.4, 0.5) is 11.5 Å². The zero-order chi connectivity index (χ0) is 17.4. The normalized spacial score (nSPS) is 11.5. The van der Waals surface area contributed by atoms with Gasteiger partial charge in [0.15, 0.2) is 0 Å². The first kappa shape index (κ1) is 17.6. The summed E-state index contributed by atoms with van der Waals surface area (Å²) >= 11 is 0. The van der Waals surface area contributed by atoms with Gasteiger partial charge < -0.3 is 25.8 Å². The zero-order valence-corrected chi connectivity index (χ0v) is 13.8. The van der Waals surface area contributed by atoms with Gasteiger partial charge in [-0.05, 0) is 43.3 Å². The van der Waals surface area contributed by atoms with Crippen LogP contribution in [0.25, 0.3) is 0 Å². The summed E-state index contributed by atoms with van der Waals surface area (Å²) in [6.45, 7) is 2.75. The highest BCUT2D eigenvalue weighted by Crippen LogP contribution is 2.17. The number of carbonyl (C=O) groups is 1. The Hall–Kier alpha value is -2.80. The molecule has 0 saturated carbocycles. The Kier molecular flexibility index (Phi) is 6.39. The molecule has 0 aliphatic heterocycles. The molecule has 0 spiro atoms. The number of methoxy groups -OCH3 is 1.